The summed E-state index contributed by atoms with van der Waals surface area (Å²) in [4.78, 5) is 18.6. The Morgan fingerprint density at radius 2 is 2.00 bits per heavy atom. The molecule has 8 heteroatoms. The molecule has 0 saturated carbocycles. The van der Waals surface area contributed by atoms with Gasteiger partial charge < -0.3 is 10.2 Å². The van der Waals surface area contributed by atoms with Crippen molar-refractivity contribution in [1.29, 1.82) is 0 Å². The molecule has 1 saturated heterocycles. The minimum absolute atomic E-state index is 0.0251. The lowest BCUT2D eigenvalue weighted by molar-refractivity contribution is 0.0708. The third kappa shape index (κ3) is 4.82. The summed E-state index contributed by atoms with van der Waals surface area (Å²) in [6.07, 6.45) is 1.97. The first-order chi connectivity index (χ1) is 12.9. The maximum Gasteiger partial charge on any atom is 0.255 e. The molecule has 1 aliphatic rings. The van der Waals surface area contributed by atoms with Crippen LogP contribution in [0, 0.1) is 5.82 Å². The Kier molecular flexibility index (Phi) is 5.74. The molecule has 1 unspecified atom stereocenters. The molecule has 144 valence electrons. The van der Waals surface area contributed by atoms with Gasteiger partial charge in [0.05, 0.1) is 17.1 Å². The van der Waals surface area contributed by atoms with Gasteiger partial charge in [-0.05, 0) is 43.2 Å². The van der Waals surface area contributed by atoms with Gasteiger partial charge in [0.1, 0.15) is 11.6 Å². The molecule has 0 aliphatic carbocycles. The molecule has 27 heavy (non-hydrogen) atoms. The van der Waals surface area contributed by atoms with E-state index in [1.165, 1.54) is 18.3 Å². The fourth-order valence-corrected chi connectivity index (χ4v) is 4.91. The molecular formula is C19H22FN3O3S. The van der Waals surface area contributed by atoms with Gasteiger partial charge in [-0.3, -0.25) is 4.79 Å². The van der Waals surface area contributed by atoms with Gasteiger partial charge in [-0.25, -0.2) is 17.8 Å². The van der Waals surface area contributed by atoms with Crippen LogP contribution in [0.15, 0.2) is 42.6 Å². The number of carbonyl (C=O) groups is 1. The highest BCUT2D eigenvalue weighted by Gasteiger charge is 2.34. The van der Waals surface area contributed by atoms with E-state index in [0.717, 1.165) is 5.56 Å². The fraction of sp³-hybridized carbons (Fsp3) is 0.368. The van der Waals surface area contributed by atoms with Crippen LogP contribution < -0.4 is 5.32 Å². The molecule has 2 heterocycles. The molecule has 2 aromatic rings. The second-order valence-electron chi connectivity index (χ2n) is 6.56. The van der Waals surface area contributed by atoms with Gasteiger partial charge in [0, 0.05) is 25.3 Å². The van der Waals surface area contributed by atoms with Crippen molar-refractivity contribution >= 4 is 21.6 Å². The van der Waals surface area contributed by atoms with Crippen LogP contribution in [0.4, 0.5) is 10.2 Å². The van der Waals surface area contributed by atoms with Crippen LogP contribution in [0.2, 0.25) is 0 Å². The van der Waals surface area contributed by atoms with E-state index in [9.17, 15) is 17.6 Å². The van der Waals surface area contributed by atoms with Crippen LogP contribution in [0.25, 0.3) is 0 Å². The largest absolute Gasteiger partial charge is 0.366 e. The third-order valence-corrected chi connectivity index (χ3v) is 6.40. The van der Waals surface area contributed by atoms with Crippen LogP contribution in [0.3, 0.4) is 0 Å². The average Bonchev–Trinajstić information content (AvgIpc) is 3.02. The number of carbonyl (C=O) groups excluding carboxylic acids is 1. The van der Waals surface area contributed by atoms with Gasteiger partial charge in [-0.15, -0.1) is 0 Å². The quantitative estimate of drug-likeness (QED) is 0.818. The summed E-state index contributed by atoms with van der Waals surface area (Å²) >= 11 is 0. The van der Waals surface area contributed by atoms with Gasteiger partial charge in [-0.2, -0.15) is 0 Å². The zero-order valence-electron chi connectivity index (χ0n) is 15.1. The number of sulfone groups is 1. The standard InChI is InChI=1S/C19H22FN3O3S/c1-2-23(17-9-10-27(25,26)13-17)19(24)15-5-8-18(22-12-15)21-11-14-3-6-16(20)7-4-14/h3-8,12,17H,2,9-11,13H2,1H3,(H,21,22). The zero-order valence-corrected chi connectivity index (χ0v) is 15.9. The van der Waals surface area contributed by atoms with Gasteiger partial charge in [-0.1, -0.05) is 12.1 Å². The first kappa shape index (κ1) is 19.3. The smallest absolute Gasteiger partial charge is 0.255 e. The van der Waals surface area contributed by atoms with E-state index in [1.54, 1.807) is 29.2 Å². The van der Waals surface area contributed by atoms with Gasteiger partial charge in [0.15, 0.2) is 9.84 Å². The van der Waals surface area contributed by atoms with Crippen molar-refractivity contribution in [3.05, 3.63) is 59.5 Å². The Morgan fingerprint density at radius 3 is 2.56 bits per heavy atom. The van der Waals surface area contributed by atoms with Gasteiger partial charge in [0.2, 0.25) is 0 Å². The Hall–Kier alpha value is -2.48. The number of anilines is 1. The molecule has 1 N–H and O–H groups in total. The van der Waals surface area contributed by atoms with E-state index in [2.05, 4.69) is 10.3 Å². The molecular weight excluding hydrogens is 369 g/mol. The van der Waals surface area contributed by atoms with Gasteiger partial charge in [0.25, 0.3) is 5.91 Å². The SMILES string of the molecule is CCN(C(=O)c1ccc(NCc2ccc(F)cc2)nc1)C1CCS(=O)(=O)C1. The van der Waals surface area contributed by atoms with Crippen LogP contribution >= 0.6 is 0 Å². The molecule has 1 aliphatic heterocycles. The predicted molar refractivity (Wildman–Crippen MR) is 102 cm³/mol. The number of pyridine rings is 1. The van der Waals surface area contributed by atoms with Crippen molar-refractivity contribution in [3.8, 4) is 0 Å². The lowest BCUT2D eigenvalue weighted by Gasteiger charge is -2.26. The summed E-state index contributed by atoms with van der Waals surface area (Å²) in [7, 11) is -3.05. The van der Waals surface area contributed by atoms with Crippen LogP contribution in [-0.4, -0.2) is 48.3 Å². The van der Waals surface area contributed by atoms with E-state index in [0.29, 0.717) is 30.9 Å². The molecule has 0 bridgehead atoms. The summed E-state index contributed by atoms with van der Waals surface area (Å²) < 4.78 is 36.3. The number of rotatable bonds is 6. The van der Waals surface area contributed by atoms with Crippen molar-refractivity contribution < 1.29 is 17.6 Å². The minimum Gasteiger partial charge on any atom is -0.366 e. The van der Waals surface area contributed by atoms with Crippen molar-refractivity contribution in [2.45, 2.75) is 25.9 Å². The molecule has 0 radical (unpaired) electrons. The first-order valence-corrected chi connectivity index (χ1v) is 10.7. The zero-order chi connectivity index (χ0) is 19.4. The second kappa shape index (κ2) is 8.04. The molecule has 1 fully saturated rings. The summed E-state index contributed by atoms with van der Waals surface area (Å²) in [6.45, 7) is 2.78. The van der Waals surface area contributed by atoms with Crippen LogP contribution in [0.1, 0.15) is 29.3 Å². The summed E-state index contributed by atoms with van der Waals surface area (Å²) in [5.41, 5.74) is 1.34. The molecule has 6 nitrogen and oxygen atoms in total. The van der Waals surface area contributed by atoms with Crippen molar-refractivity contribution in [2.24, 2.45) is 0 Å². The lowest BCUT2D eigenvalue weighted by atomic mass is 10.1. The molecule has 1 atom stereocenters. The van der Waals surface area contributed by atoms with E-state index in [-0.39, 0.29) is 29.3 Å². The topological polar surface area (TPSA) is 79.4 Å². The number of hydrogen-bond donors (Lipinski definition) is 1. The number of halogens is 1. The molecule has 1 amide bonds. The van der Waals surface area contributed by atoms with Gasteiger partial charge >= 0.3 is 0 Å². The minimum atomic E-state index is -3.05. The predicted octanol–water partition coefficient (Wildman–Crippen LogP) is 2.48. The molecule has 1 aromatic heterocycles. The van der Waals surface area contributed by atoms with E-state index in [4.69, 9.17) is 0 Å². The fourth-order valence-electron chi connectivity index (χ4n) is 3.17. The number of nitrogens with one attached hydrogen (secondary N) is 1. The lowest BCUT2D eigenvalue weighted by Crippen LogP contribution is -2.41. The van der Waals surface area contributed by atoms with Crippen LogP contribution in [0.5, 0.6) is 0 Å². The molecule has 0 spiro atoms. The third-order valence-electron chi connectivity index (χ3n) is 4.65. The van der Waals surface area contributed by atoms with Crippen molar-refractivity contribution in [1.82, 2.24) is 9.88 Å². The monoisotopic (exact) mass is 391 g/mol. The number of aromatic nitrogens is 1. The average molecular weight is 391 g/mol. The Bertz CT molecular complexity index is 899. The Balaban J connectivity index is 1.63. The van der Waals surface area contributed by atoms with Crippen LogP contribution in [-0.2, 0) is 16.4 Å². The van der Waals surface area contributed by atoms with Crippen molar-refractivity contribution in [3.63, 3.8) is 0 Å². The Morgan fingerprint density at radius 1 is 1.26 bits per heavy atom. The summed E-state index contributed by atoms with van der Waals surface area (Å²) in [5.74, 6) is 0.262. The maximum atomic E-state index is 12.9. The highest BCUT2D eigenvalue weighted by Crippen LogP contribution is 2.20. The first-order valence-electron chi connectivity index (χ1n) is 8.84. The number of hydrogen-bond acceptors (Lipinski definition) is 5. The Labute approximate surface area is 158 Å². The van der Waals surface area contributed by atoms with E-state index in [1.807, 2.05) is 6.92 Å². The second-order valence-corrected chi connectivity index (χ2v) is 8.79. The molecule has 3 rings (SSSR count). The highest BCUT2D eigenvalue weighted by atomic mass is 32.2. The van der Waals surface area contributed by atoms with E-state index >= 15 is 0 Å². The number of nitrogens with zero attached hydrogens (tertiary/aromatic N) is 2. The number of amides is 1. The maximum absolute atomic E-state index is 12.9. The normalized spacial score (nSPS) is 18.2. The number of benzene rings is 1. The van der Waals surface area contributed by atoms with Crippen molar-refractivity contribution in [2.75, 3.05) is 23.4 Å². The summed E-state index contributed by atoms with van der Waals surface area (Å²) in [6, 6.07) is 9.28. The summed E-state index contributed by atoms with van der Waals surface area (Å²) in [5, 5.41) is 3.12. The highest BCUT2D eigenvalue weighted by molar-refractivity contribution is 7.91. The van der Waals surface area contributed by atoms with E-state index < -0.39 is 9.84 Å². The molecule has 1 aromatic carbocycles.